The quantitative estimate of drug-likeness (QED) is 0.849. The summed E-state index contributed by atoms with van der Waals surface area (Å²) in [5.74, 6) is 0.802. The number of hydrogen-bond donors (Lipinski definition) is 2. The van der Waals surface area contributed by atoms with Gasteiger partial charge in [-0.2, -0.15) is 0 Å². The summed E-state index contributed by atoms with van der Waals surface area (Å²) >= 11 is 7.68. The van der Waals surface area contributed by atoms with E-state index in [4.69, 9.17) is 22.1 Å². The van der Waals surface area contributed by atoms with Crippen LogP contribution < -0.4 is 15.8 Å². The molecule has 1 atom stereocenters. The number of fused-ring (bicyclic) bond motifs is 1. The van der Waals surface area contributed by atoms with Crippen LogP contribution in [0.15, 0.2) is 30.9 Å². The van der Waals surface area contributed by atoms with Crippen molar-refractivity contribution >= 4 is 28.1 Å². The van der Waals surface area contributed by atoms with Crippen LogP contribution in [0.4, 0.5) is 5.13 Å². The van der Waals surface area contributed by atoms with Crippen LogP contribution in [0.2, 0.25) is 5.02 Å². The van der Waals surface area contributed by atoms with Gasteiger partial charge in [-0.25, -0.2) is 4.98 Å². The Balaban J connectivity index is 2.03. The van der Waals surface area contributed by atoms with Crippen molar-refractivity contribution in [2.24, 2.45) is 0 Å². The average Bonchev–Trinajstić information content (AvgIpc) is 2.86. The summed E-state index contributed by atoms with van der Waals surface area (Å²) in [5.41, 5.74) is 7.93. The molecule has 0 spiro atoms. The molecule has 3 N–H and O–H groups in total. The second kappa shape index (κ2) is 6.05. The fourth-order valence-electron chi connectivity index (χ4n) is 2.49. The van der Waals surface area contributed by atoms with Gasteiger partial charge in [-0.3, -0.25) is 0 Å². The molecule has 0 fully saturated rings. The van der Waals surface area contributed by atoms with Crippen LogP contribution in [0.5, 0.6) is 5.75 Å². The smallest absolute Gasteiger partial charge is 0.180 e. The van der Waals surface area contributed by atoms with Gasteiger partial charge < -0.3 is 15.8 Å². The molecule has 1 aromatic carbocycles. The molecule has 21 heavy (non-hydrogen) atoms. The minimum absolute atomic E-state index is 0.0158. The number of anilines is 1. The van der Waals surface area contributed by atoms with Crippen LogP contribution >= 0.6 is 22.9 Å². The van der Waals surface area contributed by atoms with Gasteiger partial charge in [0, 0.05) is 23.6 Å². The van der Waals surface area contributed by atoms with Crippen molar-refractivity contribution in [2.45, 2.75) is 12.5 Å². The molecule has 0 aliphatic carbocycles. The SMILES string of the molecule is C=CCOc1ccc(Cl)cc1C1NCCc2nc(N)sc21. The summed E-state index contributed by atoms with van der Waals surface area (Å²) in [6.45, 7) is 5.00. The van der Waals surface area contributed by atoms with E-state index in [1.54, 1.807) is 6.08 Å². The minimum Gasteiger partial charge on any atom is -0.489 e. The average molecular weight is 322 g/mol. The van der Waals surface area contributed by atoms with Crippen molar-refractivity contribution in [1.82, 2.24) is 10.3 Å². The highest BCUT2D eigenvalue weighted by molar-refractivity contribution is 7.15. The van der Waals surface area contributed by atoms with Crippen molar-refractivity contribution in [2.75, 3.05) is 18.9 Å². The highest BCUT2D eigenvalue weighted by Gasteiger charge is 2.27. The van der Waals surface area contributed by atoms with E-state index in [0.29, 0.717) is 16.8 Å². The Hall–Kier alpha value is -1.56. The lowest BCUT2D eigenvalue weighted by Gasteiger charge is -2.25. The molecule has 0 radical (unpaired) electrons. The molecule has 1 unspecified atom stereocenters. The van der Waals surface area contributed by atoms with Gasteiger partial charge in [0.25, 0.3) is 0 Å². The summed E-state index contributed by atoms with van der Waals surface area (Å²) in [6, 6.07) is 5.67. The number of nitrogen functional groups attached to an aromatic ring is 1. The second-order valence-electron chi connectivity index (χ2n) is 4.78. The highest BCUT2D eigenvalue weighted by atomic mass is 35.5. The summed E-state index contributed by atoms with van der Waals surface area (Å²) < 4.78 is 5.75. The number of aromatic nitrogens is 1. The van der Waals surface area contributed by atoms with Gasteiger partial charge >= 0.3 is 0 Å². The van der Waals surface area contributed by atoms with E-state index in [1.165, 1.54) is 11.3 Å². The predicted octanol–water partition coefficient (Wildman–Crippen LogP) is 3.18. The molecule has 1 aliphatic rings. The molecule has 3 rings (SSSR count). The zero-order valence-corrected chi connectivity index (χ0v) is 13.0. The third-order valence-electron chi connectivity index (χ3n) is 3.36. The van der Waals surface area contributed by atoms with Crippen molar-refractivity contribution in [1.29, 1.82) is 0 Å². The van der Waals surface area contributed by atoms with Crippen molar-refractivity contribution in [3.8, 4) is 5.75 Å². The number of nitrogens with one attached hydrogen (secondary N) is 1. The Labute approximate surface area is 132 Å². The van der Waals surface area contributed by atoms with Gasteiger partial charge in [0.1, 0.15) is 12.4 Å². The monoisotopic (exact) mass is 321 g/mol. The van der Waals surface area contributed by atoms with E-state index in [1.807, 2.05) is 18.2 Å². The molecule has 1 aromatic heterocycles. The zero-order valence-electron chi connectivity index (χ0n) is 11.4. The van der Waals surface area contributed by atoms with E-state index < -0.39 is 0 Å². The van der Waals surface area contributed by atoms with Gasteiger partial charge in [-0.15, -0.1) is 11.3 Å². The maximum Gasteiger partial charge on any atom is 0.180 e. The van der Waals surface area contributed by atoms with Gasteiger partial charge in [-0.05, 0) is 18.2 Å². The van der Waals surface area contributed by atoms with Crippen LogP contribution in [0.1, 0.15) is 22.2 Å². The molecular weight excluding hydrogens is 306 g/mol. The van der Waals surface area contributed by atoms with Crippen LogP contribution in [0.25, 0.3) is 0 Å². The van der Waals surface area contributed by atoms with Gasteiger partial charge in [0.15, 0.2) is 5.13 Å². The molecule has 2 aromatic rings. The van der Waals surface area contributed by atoms with Crippen LogP contribution in [-0.2, 0) is 6.42 Å². The first-order chi connectivity index (χ1) is 10.2. The van der Waals surface area contributed by atoms with E-state index in [-0.39, 0.29) is 6.04 Å². The second-order valence-corrected chi connectivity index (χ2v) is 6.28. The Morgan fingerprint density at radius 1 is 1.57 bits per heavy atom. The van der Waals surface area contributed by atoms with E-state index in [2.05, 4.69) is 16.9 Å². The lowest BCUT2D eigenvalue weighted by molar-refractivity contribution is 0.355. The molecule has 110 valence electrons. The van der Waals surface area contributed by atoms with Crippen molar-refractivity contribution in [3.63, 3.8) is 0 Å². The Kier molecular flexibility index (Phi) is 4.14. The van der Waals surface area contributed by atoms with E-state index >= 15 is 0 Å². The largest absolute Gasteiger partial charge is 0.489 e. The minimum atomic E-state index is 0.0158. The van der Waals surface area contributed by atoms with Crippen LogP contribution in [-0.4, -0.2) is 18.1 Å². The van der Waals surface area contributed by atoms with Gasteiger partial charge in [0.05, 0.1) is 16.6 Å². The maximum atomic E-state index is 6.16. The molecule has 6 heteroatoms. The maximum absolute atomic E-state index is 6.16. The lowest BCUT2D eigenvalue weighted by atomic mass is 9.99. The molecule has 2 heterocycles. The summed E-state index contributed by atoms with van der Waals surface area (Å²) in [5, 5.41) is 4.78. The fraction of sp³-hybridized carbons (Fsp3) is 0.267. The molecular formula is C15H16ClN3OS. The molecule has 4 nitrogen and oxygen atoms in total. The Morgan fingerprint density at radius 3 is 3.24 bits per heavy atom. The van der Waals surface area contributed by atoms with Crippen LogP contribution in [0.3, 0.4) is 0 Å². The standard InChI is InChI=1S/C15H16ClN3OS/c1-2-7-20-12-4-3-9(16)8-10(12)13-14-11(5-6-18-13)19-15(17)21-14/h2-4,8,13,18H,1,5-7H2,(H2,17,19). The third kappa shape index (κ3) is 2.90. The van der Waals surface area contributed by atoms with E-state index in [0.717, 1.165) is 34.8 Å². The molecule has 0 saturated heterocycles. The number of ether oxygens (including phenoxy) is 1. The topological polar surface area (TPSA) is 60.2 Å². The summed E-state index contributed by atoms with van der Waals surface area (Å²) in [6.07, 6.45) is 2.62. The Morgan fingerprint density at radius 2 is 2.43 bits per heavy atom. The number of nitrogens with two attached hydrogens (primary N) is 1. The number of benzene rings is 1. The lowest BCUT2D eigenvalue weighted by Crippen LogP contribution is -2.30. The third-order valence-corrected chi connectivity index (χ3v) is 4.58. The van der Waals surface area contributed by atoms with Crippen molar-refractivity contribution < 1.29 is 4.74 Å². The fourth-order valence-corrected chi connectivity index (χ4v) is 3.65. The first-order valence-electron chi connectivity index (χ1n) is 6.70. The normalized spacial score (nSPS) is 17.3. The number of halogens is 1. The summed E-state index contributed by atoms with van der Waals surface area (Å²) in [7, 11) is 0. The number of nitrogens with zero attached hydrogens (tertiary/aromatic N) is 1. The summed E-state index contributed by atoms with van der Waals surface area (Å²) in [4.78, 5) is 5.55. The van der Waals surface area contributed by atoms with E-state index in [9.17, 15) is 0 Å². The van der Waals surface area contributed by atoms with Crippen LogP contribution in [0, 0.1) is 0 Å². The molecule has 1 aliphatic heterocycles. The molecule has 0 amide bonds. The number of hydrogen-bond acceptors (Lipinski definition) is 5. The molecule has 0 bridgehead atoms. The zero-order chi connectivity index (χ0) is 14.8. The predicted molar refractivity (Wildman–Crippen MR) is 87.2 cm³/mol. The first kappa shape index (κ1) is 14.4. The Bertz CT molecular complexity index is 671. The van der Waals surface area contributed by atoms with Gasteiger partial charge in [0.2, 0.25) is 0 Å². The highest BCUT2D eigenvalue weighted by Crippen LogP contribution is 2.39. The first-order valence-corrected chi connectivity index (χ1v) is 7.90. The number of thiazole rings is 1. The number of rotatable bonds is 4. The van der Waals surface area contributed by atoms with Gasteiger partial charge in [-0.1, -0.05) is 24.3 Å². The molecule has 0 saturated carbocycles. The van der Waals surface area contributed by atoms with Crippen molar-refractivity contribution in [3.05, 3.63) is 52.0 Å².